The van der Waals surface area contributed by atoms with Crippen molar-refractivity contribution in [1.82, 2.24) is 5.32 Å². The number of nitrogens with zero attached hydrogens (tertiary/aromatic N) is 1. The first-order valence-corrected chi connectivity index (χ1v) is 7.97. The fraction of sp³-hybridized carbons (Fsp3) is 0.222. The van der Waals surface area contributed by atoms with Crippen molar-refractivity contribution in [1.29, 1.82) is 0 Å². The number of carbonyl (C=O) groups excluding carboxylic acids is 2. The summed E-state index contributed by atoms with van der Waals surface area (Å²) in [6.45, 7) is 1.64. The number of non-ortho nitro benzene ring substituents is 1. The summed E-state index contributed by atoms with van der Waals surface area (Å²) in [5, 5.41) is 13.5. The molecule has 1 amide bonds. The van der Waals surface area contributed by atoms with Crippen LogP contribution in [0.3, 0.4) is 0 Å². The lowest BCUT2D eigenvalue weighted by Gasteiger charge is -2.14. The number of benzene rings is 2. The Balaban J connectivity index is 1.96. The minimum absolute atomic E-state index is 0.0245. The maximum atomic E-state index is 12.2. The maximum absolute atomic E-state index is 12.2. The first-order chi connectivity index (χ1) is 12.8. The van der Waals surface area contributed by atoms with Gasteiger partial charge in [-0.2, -0.15) is 0 Å². The highest BCUT2D eigenvalue weighted by atomic mass is 16.6. The minimum Gasteiger partial charge on any atom is -0.497 e. The van der Waals surface area contributed by atoms with Gasteiger partial charge in [-0.1, -0.05) is 12.1 Å². The zero-order valence-corrected chi connectivity index (χ0v) is 14.8. The molecule has 0 heterocycles. The van der Waals surface area contributed by atoms with E-state index in [0.29, 0.717) is 5.75 Å². The maximum Gasteiger partial charge on any atom is 0.341 e. The van der Waals surface area contributed by atoms with E-state index in [0.717, 1.165) is 11.6 Å². The van der Waals surface area contributed by atoms with E-state index in [2.05, 4.69) is 5.32 Å². The number of nitrogens with one attached hydrogen (secondary N) is 1. The van der Waals surface area contributed by atoms with Crippen molar-refractivity contribution < 1.29 is 24.0 Å². The second kappa shape index (κ2) is 8.65. The highest BCUT2D eigenvalue weighted by Crippen LogP contribution is 2.21. The van der Waals surface area contributed by atoms with E-state index in [1.165, 1.54) is 19.1 Å². The highest BCUT2D eigenvalue weighted by molar-refractivity contribution is 5.97. The normalized spacial score (nSPS) is 11.3. The third-order valence-corrected chi connectivity index (χ3v) is 3.75. The van der Waals surface area contributed by atoms with Crippen molar-refractivity contribution in [2.75, 3.05) is 12.8 Å². The molecule has 0 saturated carbocycles. The molecular formula is C18H19N3O6. The van der Waals surface area contributed by atoms with E-state index < -0.39 is 22.9 Å². The Labute approximate surface area is 155 Å². The zero-order valence-electron chi connectivity index (χ0n) is 14.8. The molecule has 3 N–H and O–H groups in total. The summed E-state index contributed by atoms with van der Waals surface area (Å²) >= 11 is 0. The largest absolute Gasteiger partial charge is 0.497 e. The summed E-state index contributed by atoms with van der Waals surface area (Å²) in [6, 6.07) is 10.5. The van der Waals surface area contributed by atoms with Gasteiger partial charge in [-0.25, -0.2) is 4.79 Å². The van der Waals surface area contributed by atoms with E-state index in [1.807, 2.05) is 0 Å². The Hall–Kier alpha value is -3.62. The molecule has 2 aromatic carbocycles. The number of esters is 1. The van der Waals surface area contributed by atoms with Crippen LogP contribution >= 0.6 is 0 Å². The monoisotopic (exact) mass is 373 g/mol. The number of methoxy groups -OCH3 is 1. The molecule has 2 rings (SSSR count). The first-order valence-electron chi connectivity index (χ1n) is 7.97. The highest BCUT2D eigenvalue weighted by Gasteiger charge is 2.22. The summed E-state index contributed by atoms with van der Waals surface area (Å²) in [7, 11) is 1.56. The van der Waals surface area contributed by atoms with Gasteiger partial charge < -0.3 is 20.5 Å². The summed E-state index contributed by atoms with van der Waals surface area (Å²) in [4.78, 5) is 34.5. The molecular weight excluding hydrogens is 354 g/mol. The number of rotatable bonds is 7. The Morgan fingerprint density at radius 2 is 1.89 bits per heavy atom. The van der Waals surface area contributed by atoms with Crippen LogP contribution in [0.25, 0.3) is 0 Å². The lowest BCUT2D eigenvalue weighted by Crippen LogP contribution is -2.35. The van der Waals surface area contributed by atoms with Crippen LogP contribution in [-0.2, 0) is 16.1 Å². The van der Waals surface area contributed by atoms with Crippen LogP contribution in [0.1, 0.15) is 22.8 Å². The first kappa shape index (κ1) is 19.7. The average molecular weight is 373 g/mol. The molecule has 142 valence electrons. The second-order valence-corrected chi connectivity index (χ2v) is 5.64. The van der Waals surface area contributed by atoms with Crippen molar-refractivity contribution in [3.05, 3.63) is 63.7 Å². The van der Waals surface area contributed by atoms with E-state index in [-0.39, 0.29) is 23.5 Å². The molecule has 1 atom stereocenters. The quantitative estimate of drug-likeness (QED) is 0.328. The number of nitrogen functional groups attached to an aromatic ring is 1. The molecule has 0 bridgehead atoms. The van der Waals surface area contributed by atoms with Gasteiger partial charge in [0.15, 0.2) is 6.10 Å². The molecule has 0 aromatic heterocycles. The Morgan fingerprint density at radius 3 is 2.48 bits per heavy atom. The Bertz CT molecular complexity index is 851. The number of ether oxygens (including phenoxy) is 2. The van der Waals surface area contributed by atoms with Gasteiger partial charge in [-0.3, -0.25) is 14.9 Å². The SMILES string of the molecule is COc1ccc(CNC(=O)[C@@H](C)OC(=O)c2cc([N+](=O)[O-])ccc2N)cc1. The van der Waals surface area contributed by atoms with Crippen LogP contribution in [0.5, 0.6) is 5.75 Å². The van der Waals surface area contributed by atoms with Gasteiger partial charge in [-0.15, -0.1) is 0 Å². The number of carbonyl (C=O) groups is 2. The van der Waals surface area contributed by atoms with Crippen LogP contribution in [0.15, 0.2) is 42.5 Å². The van der Waals surface area contributed by atoms with E-state index in [9.17, 15) is 19.7 Å². The van der Waals surface area contributed by atoms with Gasteiger partial charge in [0, 0.05) is 24.4 Å². The standard InChI is InChI=1S/C18H19N3O6/c1-11(17(22)20-10-12-3-6-14(26-2)7-4-12)27-18(23)15-9-13(21(24)25)5-8-16(15)19/h3-9,11H,10,19H2,1-2H3,(H,20,22)/t11-/m1/s1. The van der Waals surface area contributed by atoms with Crippen LogP contribution in [0.2, 0.25) is 0 Å². The van der Waals surface area contributed by atoms with Crippen LogP contribution in [0, 0.1) is 10.1 Å². The molecule has 0 unspecified atom stereocenters. The minimum atomic E-state index is -1.10. The topological polar surface area (TPSA) is 134 Å². The molecule has 27 heavy (non-hydrogen) atoms. The van der Waals surface area contributed by atoms with Crippen molar-refractivity contribution in [3.63, 3.8) is 0 Å². The van der Waals surface area contributed by atoms with Crippen LogP contribution in [-0.4, -0.2) is 30.0 Å². The van der Waals surface area contributed by atoms with Gasteiger partial charge in [-0.05, 0) is 30.7 Å². The number of hydrogen-bond acceptors (Lipinski definition) is 7. The molecule has 9 nitrogen and oxygen atoms in total. The van der Waals surface area contributed by atoms with Gasteiger partial charge in [0.2, 0.25) is 0 Å². The smallest absolute Gasteiger partial charge is 0.341 e. The molecule has 2 aromatic rings. The molecule has 0 fully saturated rings. The molecule has 0 aliphatic carbocycles. The summed E-state index contributed by atoms with van der Waals surface area (Å²) < 4.78 is 10.1. The van der Waals surface area contributed by atoms with Crippen molar-refractivity contribution in [3.8, 4) is 5.75 Å². The molecule has 0 aliphatic rings. The zero-order chi connectivity index (χ0) is 20.0. The van der Waals surface area contributed by atoms with Gasteiger partial charge in [0.25, 0.3) is 11.6 Å². The number of anilines is 1. The Kier molecular flexibility index (Phi) is 6.32. The van der Waals surface area contributed by atoms with Crippen LogP contribution < -0.4 is 15.8 Å². The lowest BCUT2D eigenvalue weighted by molar-refractivity contribution is -0.384. The third kappa shape index (κ3) is 5.18. The molecule has 0 saturated heterocycles. The van der Waals surface area contributed by atoms with Crippen molar-refractivity contribution in [2.24, 2.45) is 0 Å². The fourth-order valence-electron chi connectivity index (χ4n) is 2.19. The van der Waals surface area contributed by atoms with E-state index in [4.69, 9.17) is 15.2 Å². The van der Waals surface area contributed by atoms with Crippen LogP contribution in [0.4, 0.5) is 11.4 Å². The summed E-state index contributed by atoms with van der Waals surface area (Å²) in [5.74, 6) is -0.728. The predicted molar refractivity (Wildman–Crippen MR) is 97.2 cm³/mol. The number of amides is 1. The van der Waals surface area contributed by atoms with E-state index in [1.54, 1.807) is 31.4 Å². The van der Waals surface area contributed by atoms with Gasteiger partial charge in [0.1, 0.15) is 5.75 Å². The number of nitro benzene ring substituents is 1. The van der Waals surface area contributed by atoms with Gasteiger partial charge in [0.05, 0.1) is 17.6 Å². The molecule has 0 spiro atoms. The predicted octanol–water partition coefficient (Wildman–Crippen LogP) is 2.05. The number of nitrogens with two attached hydrogens (primary N) is 1. The number of nitro groups is 1. The lowest BCUT2D eigenvalue weighted by atomic mass is 10.1. The van der Waals surface area contributed by atoms with E-state index >= 15 is 0 Å². The second-order valence-electron chi connectivity index (χ2n) is 5.64. The fourth-order valence-corrected chi connectivity index (χ4v) is 2.19. The average Bonchev–Trinajstić information content (AvgIpc) is 2.66. The molecule has 0 aliphatic heterocycles. The van der Waals surface area contributed by atoms with Crippen molar-refractivity contribution in [2.45, 2.75) is 19.6 Å². The van der Waals surface area contributed by atoms with Crippen molar-refractivity contribution >= 4 is 23.3 Å². The Morgan fingerprint density at radius 1 is 1.22 bits per heavy atom. The summed E-state index contributed by atoms with van der Waals surface area (Å²) in [6.07, 6.45) is -1.10. The molecule has 0 radical (unpaired) electrons. The third-order valence-electron chi connectivity index (χ3n) is 3.75. The molecule has 9 heteroatoms. The van der Waals surface area contributed by atoms with Gasteiger partial charge >= 0.3 is 5.97 Å². The number of hydrogen-bond donors (Lipinski definition) is 2. The summed E-state index contributed by atoms with van der Waals surface area (Å²) in [5.41, 5.74) is 6.06.